The Morgan fingerprint density at radius 1 is 1.00 bits per heavy atom. The van der Waals surface area contributed by atoms with Crippen molar-refractivity contribution in [2.45, 2.75) is 18.6 Å². The molecular weight excluding hydrogens is 559 g/mol. The Hall–Kier alpha value is -3.97. The molecule has 0 bridgehead atoms. The number of aliphatic hydroxyl groups excluding tert-OH is 2. The molecule has 0 aliphatic carbocycles. The van der Waals surface area contributed by atoms with Crippen LogP contribution in [0.4, 0.5) is 9.18 Å². The van der Waals surface area contributed by atoms with E-state index >= 15 is 0 Å². The number of urea groups is 1. The minimum Gasteiger partial charge on any atom is -0.479 e. The topological polar surface area (TPSA) is 156 Å². The number of nitrogens with zero attached hydrogens (tertiary/aromatic N) is 3. The number of aliphatic carboxylic acids is 2. The van der Waals surface area contributed by atoms with E-state index in [1.807, 2.05) is 23.1 Å². The maximum Gasteiger partial charge on any atom is 0.335 e. The first kappa shape index (κ1) is 30.0. The highest BCUT2D eigenvalue weighted by Gasteiger charge is 2.29. The zero-order valence-corrected chi connectivity index (χ0v) is 22.7. The second-order valence-corrected chi connectivity index (χ2v) is 10.1. The summed E-state index contributed by atoms with van der Waals surface area (Å²) in [7, 11) is 0. The quantitative estimate of drug-likeness (QED) is 0.269. The van der Waals surface area contributed by atoms with Crippen molar-refractivity contribution in [2.24, 2.45) is 0 Å². The molecule has 2 amide bonds. The van der Waals surface area contributed by atoms with Crippen LogP contribution in [0.1, 0.15) is 12.0 Å². The molecule has 5 N–H and O–H groups in total. The summed E-state index contributed by atoms with van der Waals surface area (Å²) in [5.41, 5.74) is 4.43. The molecule has 2 aliphatic rings. The number of benzene rings is 2. The molecule has 13 heteroatoms. The van der Waals surface area contributed by atoms with E-state index in [0.29, 0.717) is 5.02 Å². The molecule has 3 aromatic rings. The molecule has 0 radical (unpaired) electrons. The van der Waals surface area contributed by atoms with Gasteiger partial charge in [-0.2, -0.15) is 0 Å². The predicted octanol–water partition coefficient (Wildman–Crippen LogP) is 2.41. The summed E-state index contributed by atoms with van der Waals surface area (Å²) >= 11 is 6.32. The lowest BCUT2D eigenvalue weighted by Gasteiger charge is -2.28. The Balaban J connectivity index is 0.000000334. The lowest BCUT2D eigenvalue weighted by Crippen LogP contribution is -2.39. The first-order valence-electron chi connectivity index (χ1n) is 12.9. The summed E-state index contributed by atoms with van der Waals surface area (Å²) in [5.74, 6) is -3.78. The molecule has 41 heavy (non-hydrogen) atoms. The van der Waals surface area contributed by atoms with Crippen molar-refractivity contribution in [1.29, 1.82) is 0 Å². The molecule has 0 saturated carbocycles. The highest BCUT2D eigenvalue weighted by Crippen LogP contribution is 2.34. The third-order valence-electron chi connectivity index (χ3n) is 6.95. The van der Waals surface area contributed by atoms with Crippen LogP contribution in [0.5, 0.6) is 0 Å². The number of rotatable bonds is 8. The van der Waals surface area contributed by atoms with Crippen molar-refractivity contribution in [2.75, 3.05) is 39.3 Å². The fourth-order valence-electron chi connectivity index (χ4n) is 4.69. The van der Waals surface area contributed by atoms with Crippen LogP contribution < -0.4 is 5.32 Å². The fraction of sp³-hybridized carbons (Fsp3) is 0.321. The molecule has 11 nitrogen and oxygen atoms in total. The van der Waals surface area contributed by atoms with Crippen molar-refractivity contribution < 1.29 is 39.2 Å². The number of nitrogens with one attached hydrogen (secondary N) is 1. The first-order valence-corrected chi connectivity index (χ1v) is 13.3. The van der Waals surface area contributed by atoms with Crippen molar-refractivity contribution in [1.82, 2.24) is 19.7 Å². The number of hydrogen-bond donors (Lipinski definition) is 5. The number of aromatic nitrogens is 1. The molecule has 1 saturated heterocycles. The second-order valence-electron chi connectivity index (χ2n) is 9.62. The number of amides is 2. The normalized spacial score (nSPS) is 16.9. The Morgan fingerprint density at radius 3 is 2.24 bits per heavy atom. The summed E-state index contributed by atoms with van der Waals surface area (Å²) in [6.07, 6.45) is 0.805. The van der Waals surface area contributed by atoms with Crippen LogP contribution in [0.15, 0.2) is 54.7 Å². The molecule has 0 spiro atoms. The van der Waals surface area contributed by atoms with Gasteiger partial charge in [-0.15, -0.1) is 0 Å². The van der Waals surface area contributed by atoms with Crippen LogP contribution in [-0.2, 0) is 9.59 Å². The molecular formula is C28H30ClFN4O7. The molecule has 2 unspecified atom stereocenters. The lowest BCUT2D eigenvalue weighted by atomic mass is 9.99. The third kappa shape index (κ3) is 7.22. The summed E-state index contributed by atoms with van der Waals surface area (Å²) in [4.78, 5) is 35.5. The van der Waals surface area contributed by atoms with Gasteiger partial charge in [0, 0.05) is 67.1 Å². The third-order valence-corrected chi connectivity index (χ3v) is 7.18. The van der Waals surface area contributed by atoms with E-state index in [2.05, 4.69) is 27.1 Å². The molecule has 5 rings (SSSR count). The van der Waals surface area contributed by atoms with Crippen LogP contribution in [0, 0.1) is 5.82 Å². The number of carboxylic acid groups (broad SMARTS) is 2. The van der Waals surface area contributed by atoms with Gasteiger partial charge in [-0.25, -0.2) is 18.8 Å². The minimum absolute atomic E-state index is 0.0405. The van der Waals surface area contributed by atoms with Gasteiger partial charge in [0.2, 0.25) is 0 Å². The summed E-state index contributed by atoms with van der Waals surface area (Å²) in [5, 5.41) is 37.2. The van der Waals surface area contributed by atoms with Crippen molar-refractivity contribution in [3.63, 3.8) is 0 Å². The van der Waals surface area contributed by atoms with Gasteiger partial charge in [0.1, 0.15) is 5.82 Å². The van der Waals surface area contributed by atoms with Crippen LogP contribution >= 0.6 is 11.6 Å². The zero-order chi connectivity index (χ0) is 29.7. The van der Waals surface area contributed by atoms with E-state index in [4.69, 9.17) is 32.0 Å². The zero-order valence-electron chi connectivity index (χ0n) is 21.9. The number of carbonyl (C=O) groups is 3. The average Bonchev–Trinajstić information content (AvgIpc) is 3.54. The van der Waals surface area contributed by atoms with Crippen molar-refractivity contribution >= 4 is 46.0 Å². The van der Waals surface area contributed by atoms with Crippen molar-refractivity contribution in [3.05, 3.63) is 71.1 Å². The maximum atomic E-state index is 13.4. The molecule has 1 aromatic heterocycles. The Kier molecular flexibility index (Phi) is 9.61. The molecule has 1 fully saturated rings. The fourth-order valence-corrected chi connectivity index (χ4v) is 4.86. The SMILES string of the molecule is O=C(O)C(O)C(O)C(=O)O.O=C1NCCN1CCN1CC=C(c2cn(-c3ccc(F)cc3)c3ccc(Cl)cc23)CC1. The number of aliphatic hydroxyl groups is 2. The number of halogens is 2. The Labute approximate surface area is 239 Å². The van der Waals surface area contributed by atoms with E-state index < -0.39 is 24.1 Å². The van der Waals surface area contributed by atoms with Crippen LogP contribution in [0.2, 0.25) is 5.02 Å². The molecule has 3 heterocycles. The summed E-state index contributed by atoms with van der Waals surface area (Å²) in [6, 6.07) is 12.5. The van der Waals surface area contributed by atoms with Gasteiger partial charge in [0.05, 0.1) is 5.52 Å². The van der Waals surface area contributed by atoms with Gasteiger partial charge in [-0.05, 0) is 54.5 Å². The largest absolute Gasteiger partial charge is 0.479 e. The number of hydrogen-bond acceptors (Lipinski definition) is 6. The highest BCUT2D eigenvalue weighted by molar-refractivity contribution is 6.31. The average molecular weight is 589 g/mol. The lowest BCUT2D eigenvalue weighted by molar-refractivity contribution is -0.165. The van der Waals surface area contributed by atoms with Gasteiger partial charge in [0.15, 0.2) is 12.2 Å². The van der Waals surface area contributed by atoms with Gasteiger partial charge < -0.3 is 35.2 Å². The maximum absolute atomic E-state index is 13.4. The second kappa shape index (κ2) is 13.1. The molecule has 218 valence electrons. The van der Waals surface area contributed by atoms with Crippen LogP contribution in [-0.4, -0.2) is 104 Å². The van der Waals surface area contributed by atoms with E-state index in [-0.39, 0.29) is 11.8 Å². The standard InChI is InChI=1S/C24H24ClFN4O.C4H6O6/c25-18-1-6-23-21(15-18)22(16-30(23)20-4-2-19(26)3-5-20)17-7-10-28(11-8-17)13-14-29-12-9-27-24(29)31;5-1(3(7)8)2(6)4(9)10/h1-7,15-16H,8-14H2,(H,27,31);1-2,5-6H,(H,7,8)(H,9,10). The summed E-state index contributed by atoms with van der Waals surface area (Å²) in [6.45, 7) is 4.97. The minimum atomic E-state index is -2.27. The van der Waals surface area contributed by atoms with Gasteiger partial charge in [0.25, 0.3) is 0 Å². The Bertz CT molecular complexity index is 1440. The van der Waals surface area contributed by atoms with Crippen molar-refractivity contribution in [3.8, 4) is 5.69 Å². The van der Waals surface area contributed by atoms with Crippen LogP contribution in [0.3, 0.4) is 0 Å². The van der Waals surface area contributed by atoms with Gasteiger partial charge >= 0.3 is 18.0 Å². The Morgan fingerprint density at radius 2 is 1.68 bits per heavy atom. The highest BCUT2D eigenvalue weighted by atomic mass is 35.5. The number of carboxylic acids is 2. The smallest absolute Gasteiger partial charge is 0.335 e. The molecule has 2 atom stereocenters. The van der Waals surface area contributed by atoms with E-state index in [9.17, 15) is 18.8 Å². The molecule has 2 aliphatic heterocycles. The van der Waals surface area contributed by atoms with Gasteiger partial charge in [-0.1, -0.05) is 17.7 Å². The van der Waals surface area contributed by atoms with Crippen LogP contribution in [0.25, 0.3) is 22.2 Å². The number of carbonyl (C=O) groups excluding carboxylic acids is 1. The van der Waals surface area contributed by atoms with E-state index in [0.717, 1.165) is 62.3 Å². The summed E-state index contributed by atoms with van der Waals surface area (Å²) < 4.78 is 15.5. The number of fused-ring (bicyclic) bond motifs is 1. The predicted molar refractivity (Wildman–Crippen MR) is 150 cm³/mol. The first-order chi connectivity index (χ1) is 19.5. The van der Waals surface area contributed by atoms with Gasteiger partial charge in [-0.3, -0.25) is 4.90 Å². The van der Waals surface area contributed by atoms with E-state index in [1.165, 1.54) is 23.3 Å². The monoisotopic (exact) mass is 588 g/mol. The van der Waals surface area contributed by atoms with E-state index in [1.54, 1.807) is 12.1 Å². The molecule has 2 aromatic carbocycles.